The molecule has 6 heteroatoms. The van der Waals surface area contributed by atoms with Gasteiger partial charge in [0.1, 0.15) is 0 Å². The molecular formula is C4H8Cl4ORe. The number of hydrogen-bond acceptors (Lipinski definition) is 1. The van der Waals surface area contributed by atoms with Gasteiger partial charge in [-0.05, 0) is 12.8 Å². The van der Waals surface area contributed by atoms with Crippen LogP contribution in [0.1, 0.15) is 12.8 Å². The van der Waals surface area contributed by atoms with Gasteiger partial charge in [0.05, 0.1) is 0 Å². The van der Waals surface area contributed by atoms with Crippen LogP contribution in [-0.4, -0.2) is 13.2 Å². The summed E-state index contributed by atoms with van der Waals surface area (Å²) in [6, 6.07) is 0. The summed E-state index contributed by atoms with van der Waals surface area (Å²) in [7, 11) is 20.1. The second-order valence-corrected chi connectivity index (χ2v) is 25.2. The standard InChI is InChI=1S/C4H8O.4ClH.Re/c1-2-4-5-3-1;;;;;/h1-4H2;4*1H;/q;;;;;+4/p-4. The van der Waals surface area contributed by atoms with Gasteiger partial charge in [0, 0.05) is 13.2 Å². The van der Waals surface area contributed by atoms with E-state index in [2.05, 4.69) is 0 Å². The predicted molar refractivity (Wildman–Crippen MR) is 43.5 cm³/mol. The molecular weight excluding hydrogens is 392 g/mol. The van der Waals surface area contributed by atoms with Crippen molar-refractivity contribution in [2.24, 2.45) is 0 Å². The average Bonchev–Trinajstić information content (AvgIpc) is 2.07. The van der Waals surface area contributed by atoms with Crippen molar-refractivity contribution in [3.8, 4) is 0 Å². The first-order chi connectivity index (χ1) is 4.50. The van der Waals surface area contributed by atoms with Crippen molar-refractivity contribution in [2.45, 2.75) is 12.8 Å². The Hall–Kier alpha value is 1.78. The number of hydrogen-bond donors (Lipinski definition) is 0. The minimum atomic E-state index is -3.22. The third kappa shape index (κ3) is 16.4. The molecule has 1 nitrogen and oxygen atoms in total. The summed E-state index contributed by atoms with van der Waals surface area (Å²) in [5.74, 6) is 0. The van der Waals surface area contributed by atoms with E-state index < -0.39 is 11.5 Å². The molecule has 0 aromatic heterocycles. The van der Waals surface area contributed by atoms with Gasteiger partial charge in [0.25, 0.3) is 0 Å². The van der Waals surface area contributed by atoms with E-state index in [1.165, 1.54) is 12.8 Å². The van der Waals surface area contributed by atoms with E-state index in [9.17, 15) is 0 Å². The molecule has 0 saturated carbocycles. The van der Waals surface area contributed by atoms with E-state index in [0.717, 1.165) is 13.2 Å². The van der Waals surface area contributed by atoms with Crippen molar-refractivity contribution >= 4 is 38.1 Å². The molecule has 65 valence electrons. The summed E-state index contributed by atoms with van der Waals surface area (Å²) < 4.78 is 4.94. The van der Waals surface area contributed by atoms with Crippen molar-refractivity contribution < 1.29 is 16.2 Å². The third-order valence-electron chi connectivity index (χ3n) is 0.827. The van der Waals surface area contributed by atoms with E-state index in [1.54, 1.807) is 0 Å². The van der Waals surface area contributed by atoms with Crippen LogP contribution in [0.3, 0.4) is 0 Å². The van der Waals surface area contributed by atoms with Crippen molar-refractivity contribution in [1.82, 2.24) is 0 Å². The Labute approximate surface area is 79.9 Å². The zero-order chi connectivity index (χ0) is 8.04. The Bertz CT molecular complexity index is 66.2. The van der Waals surface area contributed by atoms with Crippen molar-refractivity contribution in [3.05, 3.63) is 0 Å². The van der Waals surface area contributed by atoms with Crippen LogP contribution in [0, 0.1) is 0 Å². The maximum absolute atomic E-state index is 5.03. The second kappa shape index (κ2) is 6.32. The maximum atomic E-state index is 5.03. The third-order valence-corrected chi connectivity index (χ3v) is 0.827. The Morgan fingerprint density at radius 2 is 1.20 bits per heavy atom. The molecule has 0 spiro atoms. The van der Waals surface area contributed by atoms with Crippen LogP contribution in [-0.2, 0) is 16.2 Å². The molecule has 0 bridgehead atoms. The Balaban J connectivity index is 0.000000162. The quantitative estimate of drug-likeness (QED) is 0.605. The molecule has 0 aromatic rings. The molecule has 1 rings (SSSR count). The van der Waals surface area contributed by atoms with Crippen molar-refractivity contribution in [1.29, 1.82) is 0 Å². The van der Waals surface area contributed by atoms with Gasteiger partial charge in [-0.2, -0.15) is 0 Å². The van der Waals surface area contributed by atoms with E-state index in [4.69, 9.17) is 42.9 Å². The monoisotopic (exact) mass is 399 g/mol. The molecule has 0 radical (unpaired) electrons. The van der Waals surface area contributed by atoms with E-state index >= 15 is 0 Å². The number of halogens is 4. The fourth-order valence-electron chi connectivity index (χ4n) is 0.510. The molecule has 0 aromatic carbocycles. The average molecular weight is 400 g/mol. The summed E-state index contributed by atoms with van der Waals surface area (Å²) in [4.78, 5) is 0. The fraction of sp³-hybridized carbons (Fsp3) is 1.00. The molecule has 0 atom stereocenters. The SMILES string of the molecule is C1CCOC1.[Cl][Re]([Cl])([Cl])[Cl]. The Morgan fingerprint density at radius 1 is 0.900 bits per heavy atom. The molecule has 1 saturated heterocycles. The minimum absolute atomic E-state index is 1.00. The van der Waals surface area contributed by atoms with E-state index in [0.29, 0.717) is 0 Å². The normalized spacial score (nSPS) is 19.6. The zero-order valence-electron chi connectivity index (χ0n) is 5.13. The van der Waals surface area contributed by atoms with Crippen LogP contribution in [0.15, 0.2) is 0 Å². The number of rotatable bonds is 0. The van der Waals surface area contributed by atoms with E-state index in [1.807, 2.05) is 0 Å². The van der Waals surface area contributed by atoms with Gasteiger partial charge in [-0.15, -0.1) is 0 Å². The predicted octanol–water partition coefficient (Wildman–Crippen LogP) is 3.55. The first-order valence-corrected chi connectivity index (χ1v) is 16.1. The van der Waals surface area contributed by atoms with Crippen LogP contribution in [0.4, 0.5) is 0 Å². The molecule has 1 fully saturated rings. The Kier molecular flexibility index (Phi) is 7.44. The van der Waals surface area contributed by atoms with Gasteiger partial charge in [-0.25, -0.2) is 0 Å². The number of ether oxygens (including phenoxy) is 1. The van der Waals surface area contributed by atoms with Crippen molar-refractivity contribution in [3.63, 3.8) is 0 Å². The van der Waals surface area contributed by atoms with Gasteiger partial charge >= 0.3 is 49.6 Å². The first-order valence-electron chi connectivity index (χ1n) is 2.65. The van der Waals surface area contributed by atoms with Crippen LogP contribution >= 0.6 is 38.1 Å². The zero-order valence-corrected chi connectivity index (χ0v) is 10.9. The molecule has 10 heavy (non-hydrogen) atoms. The summed E-state index contributed by atoms with van der Waals surface area (Å²) in [5, 5.41) is 0. The summed E-state index contributed by atoms with van der Waals surface area (Å²) >= 11 is -3.22. The summed E-state index contributed by atoms with van der Waals surface area (Å²) in [6.07, 6.45) is 2.56. The molecule has 0 aliphatic carbocycles. The van der Waals surface area contributed by atoms with Crippen LogP contribution in [0.5, 0.6) is 0 Å². The molecule has 1 heterocycles. The summed E-state index contributed by atoms with van der Waals surface area (Å²) in [5.41, 5.74) is 0. The van der Waals surface area contributed by atoms with Crippen molar-refractivity contribution in [2.75, 3.05) is 13.2 Å². The van der Waals surface area contributed by atoms with Crippen LogP contribution in [0.25, 0.3) is 0 Å². The van der Waals surface area contributed by atoms with Gasteiger partial charge in [0.15, 0.2) is 0 Å². The topological polar surface area (TPSA) is 9.23 Å². The van der Waals surface area contributed by atoms with Gasteiger partial charge in [-0.3, -0.25) is 0 Å². The second-order valence-electron chi connectivity index (χ2n) is 1.64. The van der Waals surface area contributed by atoms with Gasteiger partial charge in [0.2, 0.25) is 0 Å². The van der Waals surface area contributed by atoms with Crippen LogP contribution in [0.2, 0.25) is 0 Å². The van der Waals surface area contributed by atoms with E-state index in [-0.39, 0.29) is 0 Å². The van der Waals surface area contributed by atoms with Crippen LogP contribution < -0.4 is 0 Å². The molecule has 1 aliphatic rings. The molecule has 1 aliphatic heterocycles. The molecule has 0 amide bonds. The summed E-state index contributed by atoms with van der Waals surface area (Å²) in [6.45, 7) is 2.00. The first kappa shape index (κ1) is 11.8. The molecule has 0 unspecified atom stereocenters. The Morgan fingerprint density at radius 3 is 1.30 bits per heavy atom. The fourth-order valence-corrected chi connectivity index (χ4v) is 0.510. The molecule has 0 N–H and O–H groups in total. The van der Waals surface area contributed by atoms with Gasteiger partial charge in [-0.1, -0.05) is 0 Å². The van der Waals surface area contributed by atoms with Gasteiger partial charge < -0.3 is 4.74 Å².